The highest BCUT2D eigenvalue weighted by Crippen LogP contribution is 2.22. The second kappa shape index (κ2) is 6.99. The average molecular weight is 364 g/mol. The van der Waals surface area contributed by atoms with Gasteiger partial charge in [0.1, 0.15) is 5.52 Å². The minimum absolute atomic E-state index is 0.0403. The first-order chi connectivity index (χ1) is 13.1. The first-order valence-corrected chi connectivity index (χ1v) is 8.53. The number of carbonyl (C=O) groups is 2. The van der Waals surface area contributed by atoms with E-state index in [2.05, 4.69) is 10.3 Å². The van der Waals surface area contributed by atoms with Crippen molar-refractivity contribution >= 4 is 28.5 Å². The largest absolute Gasteiger partial charge is 0.439 e. The zero-order valence-corrected chi connectivity index (χ0v) is 14.4. The monoisotopic (exact) mass is 364 g/mol. The molecule has 27 heavy (non-hydrogen) atoms. The van der Waals surface area contributed by atoms with Crippen molar-refractivity contribution in [1.82, 2.24) is 15.0 Å². The van der Waals surface area contributed by atoms with Crippen molar-refractivity contribution in [3.05, 3.63) is 64.4 Å². The quantitative estimate of drug-likeness (QED) is 0.655. The SMILES string of the molecule is O=C(OCn1nnc2ccccc2c1=O)c1cccc(N2CCCC2=O)c1. The maximum atomic E-state index is 12.4. The average Bonchev–Trinajstić information content (AvgIpc) is 3.13. The third-order valence-corrected chi connectivity index (χ3v) is 4.41. The number of aromatic nitrogens is 3. The normalized spacial score (nSPS) is 13.9. The van der Waals surface area contributed by atoms with E-state index in [1.807, 2.05) is 0 Å². The van der Waals surface area contributed by atoms with Crippen LogP contribution in [-0.2, 0) is 16.3 Å². The van der Waals surface area contributed by atoms with Crippen LogP contribution in [0.2, 0.25) is 0 Å². The smallest absolute Gasteiger partial charge is 0.339 e. The highest BCUT2D eigenvalue weighted by atomic mass is 16.5. The van der Waals surface area contributed by atoms with Gasteiger partial charge in [0, 0.05) is 18.7 Å². The first kappa shape index (κ1) is 16.9. The third kappa shape index (κ3) is 3.29. The van der Waals surface area contributed by atoms with Gasteiger partial charge in [0.25, 0.3) is 5.56 Å². The van der Waals surface area contributed by atoms with Gasteiger partial charge in [-0.2, -0.15) is 4.68 Å². The molecule has 3 aromatic rings. The number of fused-ring (bicyclic) bond motifs is 1. The van der Waals surface area contributed by atoms with Crippen molar-refractivity contribution in [2.24, 2.45) is 0 Å². The maximum absolute atomic E-state index is 12.4. The van der Waals surface area contributed by atoms with Gasteiger partial charge < -0.3 is 9.64 Å². The number of carbonyl (C=O) groups excluding carboxylic acids is 2. The lowest BCUT2D eigenvalue weighted by Gasteiger charge is -2.16. The van der Waals surface area contributed by atoms with Crippen LogP contribution >= 0.6 is 0 Å². The number of benzene rings is 2. The van der Waals surface area contributed by atoms with Crippen LogP contribution in [0.5, 0.6) is 0 Å². The Morgan fingerprint density at radius 3 is 2.78 bits per heavy atom. The van der Waals surface area contributed by atoms with Crippen LogP contribution in [0.4, 0.5) is 5.69 Å². The fraction of sp³-hybridized carbons (Fsp3) is 0.211. The third-order valence-electron chi connectivity index (χ3n) is 4.41. The molecular weight excluding hydrogens is 348 g/mol. The lowest BCUT2D eigenvalue weighted by Crippen LogP contribution is -2.27. The Labute approximate surface area is 154 Å². The number of esters is 1. The van der Waals surface area contributed by atoms with Crippen LogP contribution in [-0.4, -0.2) is 33.4 Å². The molecule has 1 aliphatic heterocycles. The predicted octanol–water partition coefficient (Wildman–Crippen LogP) is 1.73. The van der Waals surface area contributed by atoms with Gasteiger partial charge in [-0.3, -0.25) is 9.59 Å². The van der Waals surface area contributed by atoms with Crippen molar-refractivity contribution in [2.75, 3.05) is 11.4 Å². The molecule has 0 atom stereocenters. The van der Waals surface area contributed by atoms with E-state index in [0.717, 1.165) is 11.1 Å². The van der Waals surface area contributed by atoms with Crippen molar-refractivity contribution in [1.29, 1.82) is 0 Å². The maximum Gasteiger partial charge on any atom is 0.339 e. The van der Waals surface area contributed by atoms with E-state index in [4.69, 9.17) is 4.74 Å². The number of ether oxygens (including phenoxy) is 1. The zero-order valence-electron chi connectivity index (χ0n) is 14.4. The van der Waals surface area contributed by atoms with Crippen molar-refractivity contribution in [2.45, 2.75) is 19.6 Å². The van der Waals surface area contributed by atoms with Gasteiger partial charge in [0.05, 0.1) is 10.9 Å². The molecule has 1 fully saturated rings. The van der Waals surface area contributed by atoms with Gasteiger partial charge in [0.15, 0.2) is 6.73 Å². The molecule has 8 heteroatoms. The van der Waals surface area contributed by atoms with Crippen molar-refractivity contribution < 1.29 is 14.3 Å². The summed E-state index contributed by atoms with van der Waals surface area (Å²) in [5.41, 5.74) is 1.06. The molecule has 136 valence electrons. The van der Waals surface area contributed by atoms with Crippen LogP contribution in [0.1, 0.15) is 23.2 Å². The molecule has 0 saturated carbocycles. The minimum Gasteiger partial charge on any atom is -0.439 e. The molecule has 0 N–H and O–H groups in total. The Hall–Kier alpha value is -3.55. The Balaban J connectivity index is 1.51. The Morgan fingerprint density at radius 1 is 1.11 bits per heavy atom. The van der Waals surface area contributed by atoms with Gasteiger partial charge in [-0.1, -0.05) is 23.4 Å². The van der Waals surface area contributed by atoms with Gasteiger partial charge in [0.2, 0.25) is 5.91 Å². The number of anilines is 1. The van der Waals surface area contributed by atoms with Gasteiger partial charge in [-0.15, -0.1) is 5.10 Å². The van der Waals surface area contributed by atoms with Crippen LogP contribution < -0.4 is 10.5 Å². The van der Waals surface area contributed by atoms with Gasteiger partial charge in [-0.25, -0.2) is 4.79 Å². The van der Waals surface area contributed by atoms with E-state index < -0.39 is 5.97 Å². The highest BCUT2D eigenvalue weighted by molar-refractivity contribution is 5.97. The summed E-state index contributed by atoms with van der Waals surface area (Å²) in [5.74, 6) is -0.566. The molecule has 2 aromatic carbocycles. The molecule has 4 rings (SSSR count). The first-order valence-electron chi connectivity index (χ1n) is 8.53. The summed E-state index contributed by atoms with van der Waals surface area (Å²) in [4.78, 5) is 38.2. The van der Waals surface area contributed by atoms with E-state index in [1.54, 1.807) is 53.4 Å². The summed E-state index contributed by atoms with van der Waals surface area (Å²) in [6.07, 6.45) is 1.31. The van der Waals surface area contributed by atoms with Gasteiger partial charge in [-0.05, 0) is 36.8 Å². The lowest BCUT2D eigenvalue weighted by molar-refractivity contribution is -0.117. The predicted molar refractivity (Wildman–Crippen MR) is 97.2 cm³/mol. The number of nitrogens with zero attached hydrogens (tertiary/aromatic N) is 4. The summed E-state index contributed by atoms with van der Waals surface area (Å²) < 4.78 is 6.20. The number of rotatable bonds is 4. The molecule has 1 amide bonds. The molecule has 1 aromatic heterocycles. The summed E-state index contributed by atoms with van der Waals surface area (Å²) >= 11 is 0. The zero-order chi connectivity index (χ0) is 18.8. The molecule has 0 aliphatic carbocycles. The summed E-state index contributed by atoms with van der Waals surface area (Å²) in [5, 5.41) is 8.13. The summed E-state index contributed by atoms with van der Waals surface area (Å²) in [6.45, 7) is 0.293. The molecule has 1 aliphatic rings. The minimum atomic E-state index is -0.606. The van der Waals surface area contributed by atoms with E-state index in [-0.39, 0.29) is 18.2 Å². The van der Waals surface area contributed by atoms with Crippen LogP contribution in [0.3, 0.4) is 0 Å². The van der Waals surface area contributed by atoms with Crippen molar-refractivity contribution in [3.63, 3.8) is 0 Å². The molecule has 1 saturated heterocycles. The van der Waals surface area contributed by atoms with E-state index >= 15 is 0 Å². The van der Waals surface area contributed by atoms with Crippen LogP contribution in [0.25, 0.3) is 10.9 Å². The van der Waals surface area contributed by atoms with Gasteiger partial charge >= 0.3 is 5.97 Å². The fourth-order valence-electron chi connectivity index (χ4n) is 3.03. The summed E-state index contributed by atoms with van der Waals surface area (Å²) in [6, 6.07) is 13.5. The van der Waals surface area contributed by atoms with Crippen LogP contribution in [0.15, 0.2) is 53.3 Å². The topological polar surface area (TPSA) is 94.4 Å². The summed E-state index contributed by atoms with van der Waals surface area (Å²) in [7, 11) is 0. The lowest BCUT2D eigenvalue weighted by atomic mass is 10.2. The number of hydrogen-bond donors (Lipinski definition) is 0. The standard InChI is InChI=1S/C19H16N4O4/c24-17-9-4-10-22(17)14-6-3-5-13(11-14)19(26)27-12-23-18(25)15-7-1-2-8-16(15)20-21-23/h1-3,5-8,11H,4,9-10,12H2. The van der Waals surface area contributed by atoms with E-state index in [1.165, 1.54) is 0 Å². The number of amides is 1. The Bertz CT molecular complexity index is 1090. The highest BCUT2D eigenvalue weighted by Gasteiger charge is 2.22. The molecule has 0 radical (unpaired) electrons. The fourth-order valence-corrected chi connectivity index (χ4v) is 3.03. The molecule has 0 unspecified atom stereocenters. The molecule has 2 heterocycles. The van der Waals surface area contributed by atoms with E-state index in [0.29, 0.717) is 35.1 Å². The molecule has 0 spiro atoms. The van der Waals surface area contributed by atoms with E-state index in [9.17, 15) is 14.4 Å². The second-order valence-corrected chi connectivity index (χ2v) is 6.17. The Kier molecular flexibility index (Phi) is 4.37. The second-order valence-electron chi connectivity index (χ2n) is 6.17. The molecule has 0 bridgehead atoms. The molecule has 8 nitrogen and oxygen atoms in total. The van der Waals surface area contributed by atoms with Crippen LogP contribution in [0, 0.1) is 0 Å². The Morgan fingerprint density at radius 2 is 1.96 bits per heavy atom. The van der Waals surface area contributed by atoms with Crippen molar-refractivity contribution in [3.8, 4) is 0 Å². The number of hydrogen-bond acceptors (Lipinski definition) is 6. The molecular formula is C19H16N4O4.